The molecule has 18 heavy (non-hydrogen) atoms. The first-order chi connectivity index (χ1) is 8.86. The standard InChI is InChI=1S/C12H8N6/c1-13-7-8(14-2)10-12(18-6-4-16-10)11-9(7)15-3-5-17-11/h3-6H,1-2H2. The van der Waals surface area contributed by atoms with Gasteiger partial charge in [0.1, 0.15) is 33.4 Å². The molecule has 6 heteroatoms. The fraction of sp³-hybridized carbons (Fsp3) is 0. The second-order valence-electron chi connectivity index (χ2n) is 3.52. The highest BCUT2D eigenvalue weighted by Crippen LogP contribution is 2.39. The van der Waals surface area contributed by atoms with E-state index in [2.05, 4.69) is 43.4 Å². The fourth-order valence-corrected chi connectivity index (χ4v) is 1.89. The number of rotatable bonds is 2. The normalized spacial score (nSPS) is 10.7. The lowest BCUT2D eigenvalue weighted by atomic mass is 10.1. The molecule has 0 saturated heterocycles. The van der Waals surface area contributed by atoms with Gasteiger partial charge < -0.3 is 0 Å². The molecule has 0 unspecified atom stereocenters. The molecule has 0 aliphatic rings. The second-order valence-corrected chi connectivity index (χ2v) is 3.52. The molecule has 0 amide bonds. The second kappa shape index (κ2) is 3.92. The lowest BCUT2D eigenvalue weighted by Crippen LogP contribution is -1.90. The summed E-state index contributed by atoms with van der Waals surface area (Å²) in [5, 5.41) is 0. The first-order valence-electron chi connectivity index (χ1n) is 5.17. The van der Waals surface area contributed by atoms with Gasteiger partial charge in [0, 0.05) is 24.8 Å². The Morgan fingerprint density at radius 2 is 0.944 bits per heavy atom. The lowest BCUT2D eigenvalue weighted by Gasteiger charge is -2.07. The van der Waals surface area contributed by atoms with Gasteiger partial charge in [-0.3, -0.25) is 29.9 Å². The molecule has 1 aromatic carbocycles. The van der Waals surface area contributed by atoms with E-state index < -0.39 is 0 Å². The summed E-state index contributed by atoms with van der Waals surface area (Å²) in [6.07, 6.45) is 6.38. The van der Waals surface area contributed by atoms with Gasteiger partial charge in [-0.2, -0.15) is 0 Å². The number of hydrogen-bond acceptors (Lipinski definition) is 6. The monoisotopic (exact) mass is 236 g/mol. The minimum absolute atomic E-state index is 0.529. The highest BCUT2D eigenvalue weighted by molar-refractivity contribution is 6.13. The van der Waals surface area contributed by atoms with Crippen molar-refractivity contribution < 1.29 is 0 Å². The van der Waals surface area contributed by atoms with Crippen LogP contribution in [0.4, 0.5) is 11.4 Å². The van der Waals surface area contributed by atoms with E-state index in [4.69, 9.17) is 0 Å². The number of nitrogens with zero attached hydrogens (tertiary/aromatic N) is 6. The maximum absolute atomic E-state index is 4.28. The largest absolute Gasteiger partial charge is 0.260 e. The van der Waals surface area contributed by atoms with E-state index in [1.165, 1.54) is 0 Å². The summed E-state index contributed by atoms with van der Waals surface area (Å²) in [5.41, 5.74) is 3.53. The van der Waals surface area contributed by atoms with Gasteiger partial charge in [0.15, 0.2) is 0 Å². The van der Waals surface area contributed by atoms with Crippen molar-refractivity contribution in [3.8, 4) is 0 Å². The maximum atomic E-state index is 4.28. The zero-order valence-corrected chi connectivity index (χ0v) is 9.41. The summed E-state index contributed by atoms with van der Waals surface area (Å²) in [6, 6.07) is 0. The van der Waals surface area contributed by atoms with E-state index in [9.17, 15) is 0 Å². The topological polar surface area (TPSA) is 76.3 Å². The molecule has 86 valence electrons. The molecule has 6 nitrogen and oxygen atoms in total. The van der Waals surface area contributed by atoms with Crippen LogP contribution in [0.5, 0.6) is 0 Å². The zero-order valence-electron chi connectivity index (χ0n) is 9.41. The van der Waals surface area contributed by atoms with Crippen LogP contribution in [-0.4, -0.2) is 33.4 Å². The Morgan fingerprint density at radius 3 is 1.28 bits per heavy atom. The molecule has 0 aliphatic heterocycles. The molecular weight excluding hydrogens is 228 g/mol. The Morgan fingerprint density at radius 1 is 0.611 bits per heavy atom. The van der Waals surface area contributed by atoms with Gasteiger partial charge in [-0.25, -0.2) is 0 Å². The molecule has 3 aromatic rings. The van der Waals surface area contributed by atoms with Crippen molar-refractivity contribution >= 4 is 46.9 Å². The average Bonchev–Trinajstić information content (AvgIpc) is 2.45. The number of hydrogen-bond donors (Lipinski definition) is 0. The third-order valence-corrected chi connectivity index (χ3v) is 2.61. The molecular formula is C12H8N6. The summed E-state index contributed by atoms with van der Waals surface area (Å²) in [5.74, 6) is 0. The molecule has 0 saturated carbocycles. The summed E-state index contributed by atoms with van der Waals surface area (Å²) in [6.45, 7) is 7.09. The van der Waals surface area contributed by atoms with Crippen LogP contribution in [0.2, 0.25) is 0 Å². The van der Waals surface area contributed by atoms with Crippen molar-refractivity contribution in [3.63, 3.8) is 0 Å². The van der Waals surface area contributed by atoms with E-state index in [1.54, 1.807) is 24.8 Å². The van der Waals surface area contributed by atoms with Gasteiger partial charge in [0.2, 0.25) is 0 Å². The molecule has 0 N–H and O–H groups in total. The molecule has 2 aromatic heterocycles. The minimum atomic E-state index is 0.529. The summed E-state index contributed by atoms with van der Waals surface area (Å²) in [7, 11) is 0. The van der Waals surface area contributed by atoms with Crippen LogP contribution in [0.1, 0.15) is 0 Å². The molecule has 0 radical (unpaired) electrons. The summed E-state index contributed by atoms with van der Waals surface area (Å²) in [4.78, 5) is 25.0. The van der Waals surface area contributed by atoms with Crippen LogP contribution in [-0.2, 0) is 0 Å². The predicted octanol–water partition coefficient (Wildman–Crippen LogP) is 2.24. The van der Waals surface area contributed by atoms with Gasteiger partial charge in [-0.15, -0.1) is 0 Å². The van der Waals surface area contributed by atoms with Crippen LogP contribution in [0.3, 0.4) is 0 Å². The SMILES string of the molecule is C=Nc1c(N=C)c2nccnc2c2nccnc12. The quantitative estimate of drug-likeness (QED) is 0.505. The van der Waals surface area contributed by atoms with E-state index in [-0.39, 0.29) is 0 Å². The Bertz CT molecular complexity index is 713. The van der Waals surface area contributed by atoms with Crippen LogP contribution in [0, 0.1) is 0 Å². The molecule has 0 bridgehead atoms. The Hall–Kier alpha value is -2.76. The highest BCUT2D eigenvalue weighted by atomic mass is 14.9. The fourth-order valence-electron chi connectivity index (χ4n) is 1.89. The van der Waals surface area contributed by atoms with Crippen molar-refractivity contribution in [2.24, 2.45) is 9.98 Å². The molecule has 0 aliphatic carbocycles. The molecule has 3 rings (SSSR count). The molecule has 2 heterocycles. The average molecular weight is 236 g/mol. The zero-order chi connectivity index (χ0) is 12.5. The predicted molar refractivity (Wildman–Crippen MR) is 71.1 cm³/mol. The summed E-state index contributed by atoms with van der Waals surface area (Å²) < 4.78 is 0. The number of aromatic nitrogens is 4. The van der Waals surface area contributed by atoms with Gasteiger partial charge in [-0.05, 0) is 13.4 Å². The Balaban J connectivity index is 2.70. The first-order valence-corrected chi connectivity index (χ1v) is 5.17. The van der Waals surface area contributed by atoms with Gasteiger partial charge >= 0.3 is 0 Å². The molecule has 0 fully saturated rings. The van der Waals surface area contributed by atoms with Crippen molar-refractivity contribution in [2.45, 2.75) is 0 Å². The van der Waals surface area contributed by atoms with E-state index in [0.717, 1.165) is 0 Å². The third kappa shape index (κ3) is 1.29. The minimum Gasteiger partial charge on any atom is -0.260 e. The van der Waals surface area contributed by atoms with Crippen LogP contribution >= 0.6 is 0 Å². The molecule has 0 atom stereocenters. The lowest BCUT2D eigenvalue weighted by molar-refractivity contribution is 1.25. The Kier molecular flexibility index (Phi) is 2.26. The van der Waals surface area contributed by atoms with Crippen molar-refractivity contribution in [1.29, 1.82) is 0 Å². The van der Waals surface area contributed by atoms with Crippen molar-refractivity contribution in [2.75, 3.05) is 0 Å². The number of fused-ring (bicyclic) bond motifs is 3. The van der Waals surface area contributed by atoms with E-state index >= 15 is 0 Å². The first kappa shape index (κ1) is 10.4. The van der Waals surface area contributed by atoms with Crippen LogP contribution in [0.25, 0.3) is 22.1 Å². The van der Waals surface area contributed by atoms with Crippen molar-refractivity contribution in [1.82, 2.24) is 19.9 Å². The third-order valence-electron chi connectivity index (χ3n) is 2.61. The van der Waals surface area contributed by atoms with Gasteiger partial charge in [0.25, 0.3) is 0 Å². The molecule has 0 spiro atoms. The van der Waals surface area contributed by atoms with Gasteiger partial charge in [-0.1, -0.05) is 0 Å². The maximum Gasteiger partial charge on any atom is 0.119 e. The Labute approximate surface area is 102 Å². The van der Waals surface area contributed by atoms with Gasteiger partial charge in [0.05, 0.1) is 0 Å². The van der Waals surface area contributed by atoms with Crippen LogP contribution in [0.15, 0.2) is 34.8 Å². The van der Waals surface area contributed by atoms with Crippen LogP contribution < -0.4 is 0 Å². The van der Waals surface area contributed by atoms with E-state index in [1.807, 2.05) is 0 Å². The summed E-state index contributed by atoms with van der Waals surface area (Å²) >= 11 is 0. The smallest absolute Gasteiger partial charge is 0.119 e. The van der Waals surface area contributed by atoms with Crippen molar-refractivity contribution in [3.05, 3.63) is 24.8 Å². The highest BCUT2D eigenvalue weighted by Gasteiger charge is 2.15. The number of benzene rings is 1. The number of aliphatic imine (C=N–C) groups is 2. The van der Waals surface area contributed by atoms with E-state index in [0.29, 0.717) is 33.4 Å².